The lowest BCUT2D eigenvalue weighted by molar-refractivity contribution is 0.104. The Morgan fingerprint density at radius 1 is 1.10 bits per heavy atom. The van der Waals surface area contributed by atoms with Gasteiger partial charge >= 0.3 is 0 Å². The minimum absolute atomic E-state index is 0.00146. The lowest BCUT2D eigenvalue weighted by Gasteiger charge is -2.01. The van der Waals surface area contributed by atoms with E-state index < -0.39 is 0 Å². The van der Waals surface area contributed by atoms with E-state index in [1.807, 2.05) is 0 Å². The van der Waals surface area contributed by atoms with Crippen LogP contribution < -0.4 is 4.74 Å². The molecular formula is C16H14O4. The predicted octanol–water partition coefficient (Wildman–Crippen LogP) is 3.00. The van der Waals surface area contributed by atoms with Gasteiger partial charge in [-0.25, -0.2) is 0 Å². The zero-order chi connectivity index (χ0) is 14.5. The maximum Gasteiger partial charge on any atom is 0.185 e. The molecule has 2 aromatic carbocycles. The molecule has 0 atom stereocenters. The molecule has 0 aliphatic carbocycles. The van der Waals surface area contributed by atoms with Crippen molar-refractivity contribution in [2.24, 2.45) is 0 Å². The average Bonchev–Trinajstić information content (AvgIpc) is 2.48. The van der Waals surface area contributed by atoms with Crippen molar-refractivity contribution in [3.05, 3.63) is 59.7 Å². The third-order valence-electron chi connectivity index (χ3n) is 2.80. The maximum atomic E-state index is 11.9. The maximum absolute atomic E-state index is 11.9. The minimum atomic E-state index is -0.199. The summed E-state index contributed by atoms with van der Waals surface area (Å²) in [6.07, 6.45) is 2.80. The molecule has 4 nitrogen and oxygen atoms in total. The largest absolute Gasteiger partial charge is 0.508 e. The molecule has 4 heteroatoms. The van der Waals surface area contributed by atoms with E-state index in [1.54, 1.807) is 31.4 Å². The summed E-state index contributed by atoms with van der Waals surface area (Å²) in [6.45, 7) is 0. The lowest BCUT2D eigenvalue weighted by atomic mass is 10.1. The van der Waals surface area contributed by atoms with Gasteiger partial charge < -0.3 is 14.9 Å². The van der Waals surface area contributed by atoms with Crippen LogP contribution in [0.1, 0.15) is 15.9 Å². The quantitative estimate of drug-likeness (QED) is 0.509. The lowest BCUT2D eigenvalue weighted by Crippen LogP contribution is -1.94. The molecular weight excluding hydrogens is 256 g/mol. The molecule has 0 aliphatic rings. The van der Waals surface area contributed by atoms with Gasteiger partial charge in [0.15, 0.2) is 5.78 Å². The van der Waals surface area contributed by atoms with Crippen molar-refractivity contribution in [2.75, 3.05) is 7.11 Å². The third kappa shape index (κ3) is 3.17. The van der Waals surface area contributed by atoms with Gasteiger partial charge in [-0.1, -0.05) is 0 Å². The van der Waals surface area contributed by atoms with Crippen molar-refractivity contribution in [3.63, 3.8) is 0 Å². The first-order valence-corrected chi connectivity index (χ1v) is 5.98. The Kier molecular flexibility index (Phi) is 4.05. The predicted molar refractivity (Wildman–Crippen MR) is 76.1 cm³/mol. The van der Waals surface area contributed by atoms with Crippen molar-refractivity contribution >= 4 is 11.9 Å². The molecule has 0 heterocycles. The van der Waals surface area contributed by atoms with Crippen LogP contribution in [0.4, 0.5) is 0 Å². The number of methoxy groups -OCH3 is 1. The van der Waals surface area contributed by atoms with Crippen LogP contribution in [0.15, 0.2) is 48.5 Å². The van der Waals surface area contributed by atoms with Crippen molar-refractivity contribution in [1.29, 1.82) is 0 Å². The number of phenols is 2. The fourth-order valence-corrected chi connectivity index (χ4v) is 1.69. The van der Waals surface area contributed by atoms with Gasteiger partial charge in [0.2, 0.25) is 0 Å². The van der Waals surface area contributed by atoms with E-state index in [-0.39, 0.29) is 17.3 Å². The Hall–Kier alpha value is -2.75. The first kappa shape index (κ1) is 13.7. The zero-order valence-electron chi connectivity index (χ0n) is 10.9. The molecule has 0 amide bonds. The number of allylic oxidation sites excluding steroid dienone is 1. The van der Waals surface area contributed by atoms with Crippen LogP contribution in [0.3, 0.4) is 0 Å². The number of carbonyl (C=O) groups excluding carboxylic acids is 1. The highest BCUT2D eigenvalue weighted by molar-refractivity contribution is 6.07. The van der Waals surface area contributed by atoms with Crippen LogP contribution in [0, 0.1) is 0 Å². The van der Waals surface area contributed by atoms with E-state index in [2.05, 4.69) is 0 Å². The van der Waals surface area contributed by atoms with E-state index in [0.717, 1.165) is 0 Å². The smallest absolute Gasteiger partial charge is 0.185 e. The van der Waals surface area contributed by atoms with E-state index in [4.69, 9.17) is 4.74 Å². The van der Waals surface area contributed by atoms with Crippen molar-refractivity contribution in [2.45, 2.75) is 0 Å². The summed E-state index contributed by atoms with van der Waals surface area (Å²) in [4.78, 5) is 11.9. The van der Waals surface area contributed by atoms with E-state index in [0.29, 0.717) is 16.9 Å². The fraction of sp³-hybridized carbons (Fsp3) is 0.0625. The molecule has 0 aromatic heterocycles. The summed E-state index contributed by atoms with van der Waals surface area (Å²) in [5, 5.41) is 18.9. The summed E-state index contributed by atoms with van der Waals surface area (Å²) >= 11 is 0. The summed E-state index contributed by atoms with van der Waals surface area (Å²) in [6, 6.07) is 10.8. The standard InChI is InChI=1S/C16H14O4/c1-20-14-6-2-11(3-7-14)15(18)8-4-12-10-13(17)5-9-16(12)19/h2-10,17,19H,1H3. The van der Waals surface area contributed by atoms with Crippen LogP contribution in [0.25, 0.3) is 6.08 Å². The highest BCUT2D eigenvalue weighted by atomic mass is 16.5. The third-order valence-corrected chi connectivity index (χ3v) is 2.80. The zero-order valence-corrected chi connectivity index (χ0v) is 10.9. The first-order chi connectivity index (χ1) is 9.60. The van der Waals surface area contributed by atoms with Crippen LogP contribution in [0.5, 0.6) is 17.2 Å². The Morgan fingerprint density at radius 2 is 1.80 bits per heavy atom. The molecule has 0 aliphatic heterocycles. The van der Waals surface area contributed by atoms with Crippen LogP contribution in [-0.4, -0.2) is 23.1 Å². The number of carbonyl (C=O) groups is 1. The second-order valence-electron chi connectivity index (χ2n) is 4.17. The van der Waals surface area contributed by atoms with Gasteiger partial charge in [-0.15, -0.1) is 0 Å². The van der Waals surface area contributed by atoms with Gasteiger partial charge in [-0.3, -0.25) is 4.79 Å². The van der Waals surface area contributed by atoms with E-state index in [1.165, 1.54) is 30.4 Å². The summed E-state index contributed by atoms with van der Waals surface area (Å²) in [5.74, 6) is 0.507. The van der Waals surface area contributed by atoms with Crippen molar-refractivity contribution in [1.82, 2.24) is 0 Å². The molecule has 0 saturated heterocycles. The van der Waals surface area contributed by atoms with Crippen LogP contribution in [-0.2, 0) is 0 Å². The monoisotopic (exact) mass is 270 g/mol. The highest BCUT2D eigenvalue weighted by Crippen LogP contribution is 2.23. The average molecular weight is 270 g/mol. The van der Waals surface area contributed by atoms with Gasteiger partial charge in [0.25, 0.3) is 0 Å². The Morgan fingerprint density at radius 3 is 2.45 bits per heavy atom. The van der Waals surface area contributed by atoms with Crippen LogP contribution in [0.2, 0.25) is 0 Å². The van der Waals surface area contributed by atoms with Gasteiger partial charge in [0.1, 0.15) is 17.2 Å². The highest BCUT2D eigenvalue weighted by Gasteiger charge is 2.03. The van der Waals surface area contributed by atoms with Gasteiger partial charge in [0, 0.05) is 11.1 Å². The first-order valence-electron chi connectivity index (χ1n) is 5.98. The van der Waals surface area contributed by atoms with Gasteiger partial charge in [-0.2, -0.15) is 0 Å². The Balaban J connectivity index is 2.17. The number of benzene rings is 2. The fourth-order valence-electron chi connectivity index (χ4n) is 1.69. The number of ketones is 1. The van der Waals surface area contributed by atoms with Crippen molar-refractivity contribution < 1.29 is 19.7 Å². The second-order valence-corrected chi connectivity index (χ2v) is 4.17. The normalized spacial score (nSPS) is 10.7. The summed E-state index contributed by atoms with van der Waals surface area (Å²) < 4.78 is 5.02. The number of rotatable bonds is 4. The van der Waals surface area contributed by atoms with E-state index in [9.17, 15) is 15.0 Å². The molecule has 2 rings (SSSR count). The van der Waals surface area contributed by atoms with Crippen molar-refractivity contribution in [3.8, 4) is 17.2 Å². The second kappa shape index (κ2) is 5.93. The topological polar surface area (TPSA) is 66.8 Å². The Labute approximate surface area is 116 Å². The SMILES string of the molecule is COc1ccc(C(=O)C=Cc2cc(O)ccc2O)cc1. The molecule has 0 fully saturated rings. The molecule has 0 bridgehead atoms. The molecule has 0 radical (unpaired) electrons. The number of aromatic hydroxyl groups is 2. The van der Waals surface area contributed by atoms with Gasteiger partial charge in [-0.05, 0) is 54.6 Å². The number of hydrogen-bond donors (Lipinski definition) is 2. The molecule has 0 spiro atoms. The number of ether oxygens (including phenoxy) is 1. The number of phenolic OH excluding ortho intramolecular Hbond substituents is 2. The van der Waals surface area contributed by atoms with Gasteiger partial charge in [0.05, 0.1) is 7.11 Å². The molecule has 0 unspecified atom stereocenters. The van der Waals surface area contributed by atoms with Crippen LogP contribution >= 0.6 is 0 Å². The summed E-state index contributed by atoms with van der Waals surface area (Å²) in [7, 11) is 1.56. The molecule has 2 N–H and O–H groups in total. The minimum Gasteiger partial charge on any atom is -0.508 e. The van der Waals surface area contributed by atoms with E-state index >= 15 is 0 Å². The molecule has 0 saturated carbocycles. The Bertz CT molecular complexity index is 642. The summed E-state index contributed by atoms with van der Waals surface area (Å²) in [5.41, 5.74) is 0.897. The number of hydrogen-bond acceptors (Lipinski definition) is 4. The molecule has 2 aromatic rings. The molecule has 102 valence electrons. The molecule has 20 heavy (non-hydrogen) atoms.